The summed E-state index contributed by atoms with van der Waals surface area (Å²) in [5.41, 5.74) is -4.17. The molecule has 0 spiro atoms. The topological polar surface area (TPSA) is 149 Å². The first-order valence-electron chi connectivity index (χ1n) is 17.7. The average Bonchev–Trinajstić information content (AvgIpc) is 3.91. The van der Waals surface area contributed by atoms with Gasteiger partial charge in [-0.2, -0.15) is 13.2 Å². The van der Waals surface area contributed by atoms with Crippen molar-refractivity contribution in [1.82, 2.24) is 14.6 Å². The van der Waals surface area contributed by atoms with Crippen LogP contribution in [0.5, 0.6) is 5.88 Å². The summed E-state index contributed by atoms with van der Waals surface area (Å²) in [6, 6.07) is 2.00. The fraction of sp³-hybridized carbons (Fsp3) is 0.694. The highest BCUT2D eigenvalue weighted by molar-refractivity contribution is 7.91. The maximum atomic E-state index is 14.6. The van der Waals surface area contributed by atoms with Gasteiger partial charge < -0.3 is 14.4 Å². The molecular weight excluding hydrogens is 727 g/mol. The van der Waals surface area contributed by atoms with Crippen LogP contribution in [-0.2, 0) is 33.9 Å². The molecule has 1 saturated heterocycles. The quantitative estimate of drug-likeness (QED) is 0.250. The molecule has 0 bridgehead atoms. The highest BCUT2D eigenvalue weighted by atomic mass is 35.5. The molecule has 0 radical (unpaired) electrons. The molecule has 5 rings (SSSR count). The van der Waals surface area contributed by atoms with Crippen LogP contribution in [-0.4, -0.2) is 77.1 Å². The van der Waals surface area contributed by atoms with E-state index in [-0.39, 0.29) is 42.6 Å². The normalized spacial score (nSPS) is 31.7. The molecule has 1 aromatic heterocycles. The molecule has 11 nitrogen and oxygen atoms in total. The standard InChI is InChI=1S/C36H47ClF3N3O8S/c1-21-9-6-7-10-23-18-35(23,32(47)42-52(48,49)34(5)12-13-34)19-28(44)27-16-24(50-30-26(37)11-8-14-41-30)20-43(27)31(46)25(22(2)15-21)17-29(45)51-33(3,4)36(38,39)40/h7-8,10-11,14,21-25,27H,6,9,12-13,15-20H2,1-5H3,(H,42,47)/b10-7-/t21-,22-,23-,24-,25+,27+,35-/m1/s1. The summed E-state index contributed by atoms with van der Waals surface area (Å²) < 4.78 is 79.2. The van der Waals surface area contributed by atoms with E-state index in [9.17, 15) is 40.8 Å². The molecule has 7 atom stereocenters. The number of hydrogen-bond donors (Lipinski definition) is 1. The van der Waals surface area contributed by atoms with E-state index in [0.717, 1.165) is 13.8 Å². The third kappa shape index (κ3) is 8.45. The molecule has 0 unspecified atom stereocenters. The number of Topliss-reactive ketones (excluding diaryl/α,β-unsaturated/α-hetero) is 1. The SMILES string of the molecule is C[C@@H]1CC/C=C\[C@@H]2C[C@@]2(C(=O)NS(=O)(=O)C2(C)CC2)CC(=O)[C@@H]2C[C@@H](Oc3ncccc3Cl)CN2C(=O)[C@@H](CC(=O)OC(C)(C)C(F)(F)F)[C@H](C)C1. The number of rotatable bonds is 8. The second-order valence-electron chi connectivity index (χ2n) is 15.9. The summed E-state index contributed by atoms with van der Waals surface area (Å²) >= 11 is 6.29. The minimum atomic E-state index is -4.86. The Hall–Kier alpha value is -3.20. The number of halogens is 4. The van der Waals surface area contributed by atoms with Gasteiger partial charge in [0.2, 0.25) is 33.3 Å². The first kappa shape index (κ1) is 40.0. The van der Waals surface area contributed by atoms with Crippen LogP contribution in [0, 0.1) is 29.1 Å². The third-order valence-corrected chi connectivity index (χ3v) is 13.7. The van der Waals surface area contributed by atoms with Crippen molar-refractivity contribution in [2.45, 2.75) is 121 Å². The Bertz CT molecular complexity index is 1720. The van der Waals surface area contributed by atoms with Gasteiger partial charge >= 0.3 is 12.1 Å². The van der Waals surface area contributed by atoms with Gasteiger partial charge in [0.25, 0.3) is 0 Å². The molecule has 0 aromatic carbocycles. The van der Waals surface area contributed by atoms with E-state index in [4.69, 9.17) is 21.1 Å². The van der Waals surface area contributed by atoms with Crippen LogP contribution in [0.3, 0.4) is 0 Å². The number of allylic oxidation sites excluding steroid dienone is 2. The highest BCUT2D eigenvalue weighted by Crippen LogP contribution is 2.57. The number of ether oxygens (including phenoxy) is 2. The van der Waals surface area contributed by atoms with Crippen LogP contribution in [0.2, 0.25) is 5.02 Å². The fourth-order valence-corrected chi connectivity index (χ4v) is 8.76. The monoisotopic (exact) mass is 773 g/mol. The van der Waals surface area contributed by atoms with Gasteiger partial charge in [0.05, 0.1) is 35.1 Å². The van der Waals surface area contributed by atoms with E-state index in [1.54, 1.807) is 26.0 Å². The lowest BCUT2D eigenvalue weighted by atomic mass is 9.82. The maximum absolute atomic E-state index is 14.6. The molecule has 2 aliphatic heterocycles. The van der Waals surface area contributed by atoms with Crippen molar-refractivity contribution < 1.29 is 50.2 Å². The Morgan fingerprint density at radius 1 is 1.15 bits per heavy atom. The molecule has 2 aliphatic carbocycles. The van der Waals surface area contributed by atoms with Gasteiger partial charge in [-0.05, 0) is 89.2 Å². The van der Waals surface area contributed by atoms with Crippen LogP contribution in [0.15, 0.2) is 30.5 Å². The largest absolute Gasteiger partial charge is 0.471 e. The van der Waals surface area contributed by atoms with Gasteiger partial charge in [-0.25, -0.2) is 13.4 Å². The van der Waals surface area contributed by atoms with Crippen LogP contribution in [0.25, 0.3) is 0 Å². The van der Waals surface area contributed by atoms with E-state index in [0.29, 0.717) is 32.1 Å². The van der Waals surface area contributed by atoms with Crippen LogP contribution in [0.1, 0.15) is 92.4 Å². The molecule has 2 saturated carbocycles. The van der Waals surface area contributed by atoms with Crippen molar-refractivity contribution in [3.05, 3.63) is 35.5 Å². The van der Waals surface area contributed by atoms with E-state index < -0.39 is 91.8 Å². The van der Waals surface area contributed by atoms with Gasteiger partial charge in [0.15, 0.2) is 5.78 Å². The predicted octanol–water partition coefficient (Wildman–Crippen LogP) is 5.95. The van der Waals surface area contributed by atoms with Gasteiger partial charge in [-0.1, -0.05) is 37.6 Å². The van der Waals surface area contributed by atoms with E-state index in [1.165, 1.54) is 11.1 Å². The molecular formula is C36H47ClF3N3O8S. The second-order valence-corrected chi connectivity index (χ2v) is 18.5. The number of carbonyl (C=O) groups excluding carboxylic acids is 4. The Balaban J connectivity index is 1.49. The summed E-state index contributed by atoms with van der Waals surface area (Å²) in [4.78, 5) is 61.3. The maximum Gasteiger partial charge on any atom is 0.427 e. The number of nitrogens with one attached hydrogen (secondary N) is 1. The third-order valence-electron chi connectivity index (χ3n) is 11.2. The van der Waals surface area contributed by atoms with Crippen molar-refractivity contribution in [3.8, 4) is 5.88 Å². The number of ketones is 1. The molecule has 2 amide bonds. The number of aromatic nitrogens is 1. The lowest BCUT2D eigenvalue weighted by Crippen LogP contribution is -2.48. The number of pyridine rings is 1. The number of amides is 2. The number of hydrogen-bond acceptors (Lipinski definition) is 9. The molecule has 3 fully saturated rings. The Morgan fingerprint density at radius 2 is 1.85 bits per heavy atom. The van der Waals surface area contributed by atoms with Gasteiger partial charge in [0, 0.05) is 19.0 Å². The van der Waals surface area contributed by atoms with Crippen LogP contribution < -0.4 is 9.46 Å². The number of fused-ring (bicyclic) bond motifs is 2. The lowest BCUT2D eigenvalue weighted by molar-refractivity contribution is -0.257. The zero-order valence-corrected chi connectivity index (χ0v) is 31.6. The fourth-order valence-electron chi connectivity index (χ4n) is 7.26. The number of alkyl halides is 3. The van der Waals surface area contributed by atoms with Crippen LogP contribution >= 0.6 is 11.6 Å². The summed E-state index contributed by atoms with van der Waals surface area (Å²) in [6.07, 6.45) is 1.24. The van der Waals surface area contributed by atoms with Gasteiger partial charge in [0.1, 0.15) is 11.1 Å². The van der Waals surface area contributed by atoms with Crippen molar-refractivity contribution in [2.75, 3.05) is 6.54 Å². The van der Waals surface area contributed by atoms with E-state index in [1.807, 2.05) is 19.1 Å². The molecule has 288 valence electrons. The Kier molecular flexibility index (Phi) is 11.2. The number of esters is 1. The Labute approximate surface area is 307 Å². The highest BCUT2D eigenvalue weighted by Gasteiger charge is 2.63. The minimum absolute atomic E-state index is 0.0257. The molecule has 16 heteroatoms. The number of carbonyl (C=O) groups is 4. The summed E-state index contributed by atoms with van der Waals surface area (Å²) in [6.45, 7) is 6.60. The zero-order chi connectivity index (χ0) is 38.4. The first-order valence-corrected chi connectivity index (χ1v) is 19.6. The second kappa shape index (κ2) is 14.6. The van der Waals surface area contributed by atoms with E-state index in [2.05, 4.69) is 9.71 Å². The number of sulfonamides is 1. The molecule has 4 aliphatic rings. The van der Waals surface area contributed by atoms with Crippen molar-refractivity contribution >= 4 is 45.2 Å². The summed E-state index contributed by atoms with van der Waals surface area (Å²) in [5.74, 6) is -5.11. The predicted molar refractivity (Wildman–Crippen MR) is 184 cm³/mol. The smallest absolute Gasteiger partial charge is 0.427 e. The van der Waals surface area contributed by atoms with E-state index >= 15 is 0 Å². The molecule has 52 heavy (non-hydrogen) atoms. The Morgan fingerprint density at radius 3 is 2.48 bits per heavy atom. The molecule has 3 heterocycles. The summed E-state index contributed by atoms with van der Waals surface area (Å²) in [7, 11) is -4.01. The lowest BCUT2D eigenvalue weighted by Gasteiger charge is -2.33. The van der Waals surface area contributed by atoms with Gasteiger partial charge in [-0.3, -0.25) is 23.9 Å². The van der Waals surface area contributed by atoms with Crippen molar-refractivity contribution in [2.24, 2.45) is 29.1 Å². The summed E-state index contributed by atoms with van der Waals surface area (Å²) in [5, 5.41) is 0.189. The van der Waals surface area contributed by atoms with Gasteiger partial charge in [-0.15, -0.1) is 0 Å². The van der Waals surface area contributed by atoms with Crippen molar-refractivity contribution in [3.63, 3.8) is 0 Å². The van der Waals surface area contributed by atoms with Crippen LogP contribution in [0.4, 0.5) is 13.2 Å². The number of nitrogens with zero attached hydrogens (tertiary/aromatic N) is 2. The molecule has 1 N–H and O–H groups in total. The van der Waals surface area contributed by atoms with Crippen molar-refractivity contribution in [1.29, 1.82) is 0 Å². The average molecular weight is 774 g/mol. The molecule has 1 aromatic rings. The minimum Gasteiger partial charge on any atom is -0.471 e. The zero-order valence-electron chi connectivity index (χ0n) is 30.0. The first-order chi connectivity index (χ1) is 24.1.